The maximum atomic E-state index is 14.2. The molecule has 51 heavy (non-hydrogen) atoms. The van der Waals surface area contributed by atoms with Gasteiger partial charge in [-0.05, 0) is 55.5 Å². The van der Waals surface area contributed by atoms with Gasteiger partial charge in [-0.2, -0.15) is 0 Å². The number of nitrogens with zero attached hydrogens (tertiary/aromatic N) is 4. The molecule has 0 atom stereocenters. The Morgan fingerprint density at radius 2 is 1.80 bits per heavy atom. The molecule has 4 heterocycles. The van der Waals surface area contributed by atoms with Gasteiger partial charge in [-0.15, -0.1) is 0 Å². The Hall–Kier alpha value is -5.72. The third kappa shape index (κ3) is 6.88. The molecular weight excluding hydrogens is 651 g/mol. The average Bonchev–Trinajstić information content (AvgIpc) is 3.56. The highest BCUT2D eigenvalue weighted by molar-refractivity contribution is 6.08. The van der Waals surface area contributed by atoms with Gasteiger partial charge in [-0.25, -0.2) is 9.38 Å². The summed E-state index contributed by atoms with van der Waals surface area (Å²) in [5.74, 6) is -1.18. The van der Waals surface area contributed by atoms with E-state index in [1.807, 2.05) is 38.7 Å². The molecule has 0 spiro atoms. The molecule has 1 aliphatic heterocycles. The molecule has 264 valence electrons. The summed E-state index contributed by atoms with van der Waals surface area (Å²) in [6.07, 6.45) is 5.66. The smallest absolute Gasteiger partial charge is 0.268 e. The summed E-state index contributed by atoms with van der Waals surface area (Å²) in [5, 5.41) is 10.2. The van der Waals surface area contributed by atoms with Crippen molar-refractivity contribution in [3.8, 4) is 16.8 Å². The number of pyridine rings is 2. The monoisotopic (exact) mass is 692 g/mol. The fraction of sp³-hybridized carbons (Fsp3) is 0.342. The van der Waals surface area contributed by atoms with Crippen LogP contribution in [0, 0.1) is 22.6 Å². The number of fused-ring (bicyclic) bond motifs is 1. The number of H-pyrrole nitrogens is 1. The van der Waals surface area contributed by atoms with Gasteiger partial charge < -0.3 is 20.9 Å². The van der Waals surface area contributed by atoms with Gasteiger partial charge in [0.1, 0.15) is 23.6 Å². The number of halogens is 1. The third-order valence-corrected chi connectivity index (χ3v) is 9.83. The Kier molecular flexibility index (Phi) is 9.56. The van der Waals surface area contributed by atoms with Crippen molar-refractivity contribution < 1.29 is 18.8 Å². The van der Waals surface area contributed by atoms with Crippen molar-refractivity contribution in [2.75, 3.05) is 18.4 Å². The van der Waals surface area contributed by atoms with Gasteiger partial charge in [0.15, 0.2) is 5.78 Å². The van der Waals surface area contributed by atoms with Crippen molar-refractivity contribution >= 4 is 35.5 Å². The number of aromatic nitrogens is 3. The van der Waals surface area contributed by atoms with Gasteiger partial charge in [0.05, 0.1) is 23.8 Å². The summed E-state index contributed by atoms with van der Waals surface area (Å²) in [6.45, 7) is 8.76. The number of carbonyl (C=O) groups is 3. The zero-order valence-electron chi connectivity index (χ0n) is 29.0. The highest BCUT2D eigenvalue weighted by Crippen LogP contribution is 2.36. The normalized spacial score (nSPS) is 16.2. The number of amidine groups is 1. The van der Waals surface area contributed by atoms with Crippen LogP contribution in [0.1, 0.15) is 90.7 Å². The fourth-order valence-electron chi connectivity index (χ4n) is 6.93. The number of aliphatic imine (C=N–C) groups is 1. The molecule has 0 bridgehead atoms. The van der Waals surface area contributed by atoms with E-state index < -0.39 is 22.7 Å². The minimum absolute atomic E-state index is 0.0544. The van der Waals surface area contributed by atoms with Crippen LogP contribution in [0.25, 0.3) is 16.8 Å². The Labute approximate surface area is 294 Å². The Bertz CT molecular complexity index is 2120. The molecule has 2 aliphatic rings. The number of nitrogens with two attached hydrogens (primary N) is 1. The number of aromatic amines is 1. The number of hydrogen-bond donors (Lipinski definition) is 4. The van der Waals surface area contributed by atoms with Gasteiger partial charge >= 0.3 is 0 Å². The molecule has 0 saturated carbocycles. The summed E-state index contributed by atoms with van der Waals surface area (Å²) in [6, 6.07) is 11.5. The highest BCUT2D eigenvalue weighted by atomic mass is 19.1. The number of benzene rings is 1. The minimum atomic E-state index is -0.723. The van der Waals surface area contributed by atoms with E-state index in [1.165, 1.54) is 16.8 Å². The van der Waals surface area contributed by atoms with E-state index in [1.54, 1.807) is 24.3 Å². The Morgan fingerprint density at radius 1 is 1.10 bits per heavy atom. The zero-order valence-corrected chi connectivity index (χ0v) is 29.0. The molecule has 0 unspecified atom stereocenters. The predicted octanol–water partition coefficient (Wildman–Crippen LogP) is 5.45. The van der Waals surface area contributed by atoms with Crippen LogP contribution in [0.2, 0.25) is 0 Å². The minimum Gasteiger partial charge on any atom is -0.382 e. The number of nitrogens with one attached hydrogen (secondary N) is 3. The van der Waals surface area contributed by atoms with E-state index in [-0.39, 0.29) is 46.2 Å². The van der Waals surface area contributed by atoms with Crippen molar-refractivity contribution in [2.45, 2.75) is 59.3 Å². The van der Waals surface area contributed by atoms with Crippen LogP contribution in [-0.2, 0) is 11.2 Å². The van der Waals surface area contributed by atoms with Gasteiger partial charge in [0.25, 0.3) is 11.5 Å². The van der Waals surface area contributed by atoms with Crippen LogP contribution >= 0.6 is 0 Å². The van der Waals surface area contributed by atoms with Gasteiger partial charge in [-0.1, -0.05) is 39.8 Å². The van der Waals surface area contributed by atoms with Crippen molar-refractivity contribution in [2.24, 2.45) is 22.1 Å². The SMILES string of the molecule is CC(C)C(=O)N1CCC(c2cc(-c3ccc(NC(=O)c4cc5c(n(-c6cncc(F)c6)c4=O)CCC(C)(C)C5=O)cc3)c(/C(N)=N\C=N)[nH]2)CC1. The molecule has 1 aromatic carbocycles. The maximum Gasteiger partial charge on any atom is 0.268 e. The van der Waals surface area contributed by atoms with Crippen LogP contribution in [0.3, 0.4) is 0 Å². The molecule has 2 amide bonds. The molecule has 1 aliphatic carbocycles. The quantitative estimate of drug-likeness (QED) is 0.141. The summed E-state index contributed by atoms with van der Waals surface area (Å²) in [4.78, 5) is 66.7. The molecule has 3 aromatic heterocycles. The molecule has 4 aromatic rings. The Balaban J connectivity index is 1.29. The topological polar surface area (TPSA) is 179 Å². The predicted molar refractivity (Wildman–Crippen MR) is 193 cm³/mol. The van der Waals surface area contributed by atoms with E-state index >= 15 is 0 Å². The van der Waals surface area contributed by atoms with Crippen LogP contribution < -0.4 is 16.6 Å². The lowest BCUT2D eigenvalue weighted by molar-refractivity contribution is -0.135. The molecule has 5 N–H and O–H groups in total. The first kappa shape index (κ1) is 35.1. The second-order valence-corrected chi connectivity index (χ2v) is 14.1. The number of hydrogen-bond acceptors (Lipinski definition) is 6. The molecule has 0 radical (unpaired) electrons. The lowest BCUT2D eigenvalue weighted by Crippen LogP contribution is -2.40. The Morgan fingerprint density at radius 3 is 2.45 bits per heavy atom. The van der Waals surface area contributed by atoms with Crippen molar-refractivity contribution in [1.82, 2.24) is 19.4 Å². The standard InChI is InChI=1S/C38H41FN8O4/c1-21(2)36(50)46-13-10-23(11-14-46)30-17-27(32(45-30)34(41)43-20-40)22-5-7-25(8-6-22)44-35(49)29-16-28-31(9-12-38(3,4)33(28)48)47(37(29)51)26-15-24(39)18-42-19-26/h5-8,15-21,23,45H,9-14H2,1-4H3,(H,44,49)(H3,40,41,43). The van der Waals surface area contributed by atoms with E-state index in [2.05, 4.69) is 20.3 Å². The van der Waals surface area contributed by atoms with Gasteiger partial charge in [0, 0.05) is 64.6 Å². The number of carbonyl (C=O) groups excluding carboxylic acids is 3. The second-order valence-electron chi connectivity index (χ2n) is 14.1. The first-order valence-corrected chi connectivity index (χ1v) is 17.0. The number of likely N-dealkylation sites (tertiary alicyclic amines) is 1. The molecule has 12 nitrogen and oxygen atoms in total. The molecule has 1 fully saturated rings. The molecule has 1 saturated heterocycles. The summed E-state index contributed by atoms with van der Waals surface area (Å²) < 4.78 is 15.4. The van der Waals surface area contributed by atoms with E-state index in [4.69, 9.17) is 11.1 Å². The lowest BCUT2D eigenvalue weighted by Gasteiger charge is -2.32. The third-order valence-electron chi connectivity index (χ3n) is 9.83. The van der Waals surface area contributed by atoms with E-state index in [9.17, 15) is 23.6 Å². The van der Waals surface area contributed by atoms with Crippen molar-refractivity contribution in [1.29, 1.82) is 5.41 Å². The zero-order chi connectivity index (χ0) is 36.6. The van der Waals surface area contributed by atoms with Gasteiger partial charge in [0.2, 0.25) is 5.91 Å². The number of amides is 2. The van der Waals surface area contributed by atoms with Crippen molar-refractivity contribution in [3.63, 3.8) is 0 Å². The first-order valence-electron chi connectivity index (χ1n) is 17.0. The van der Waals surface area contributed by atoms with E-state index in [0.717, 1.165) is 48.3 Å². The molecule has 13 heteroatoms. The average molecular weight is 693 g/mol. The van der Waals surface area contributed by atoms with Gasteiger partial charge in [-0.3, -0.25) is 34.1 Å². The largest absolute Gasteiger partial charge is 0.382 e. The first-order chi connectivity index (χ1) is 24.3. The number of Topliss-reactive ketones (excluding diaryl/α,β-unsaturated/α-hetero) is 1. The van der Waals surface area contributed by atoms with Crippen LogP contribution in [0.5, 0.6) is 0 Å². The maximum absolute atomic E-state index is 14.2. The molecule has 6 rings (SSSR count). The summed E-state index contributed by atoms with van der Waals surface area (Å²) in [7, 11) is 0. The number of anilines is 1. The summed E-state index contributed by atoms with van der Waals surface area (Å²) >= 11 is 0. The van der Waals surface area contributed by atoms with Crippen molar-refractivity contribution in [3.05, 3.63) is 99.2 Å². The summed E-state index contributed by atoms with van der Waals surface area (Å²) in [5.41, 5.74) is 8.84. The van der Waals surface area contributed by atoms with E-state index in [0.29, 0.717) is 43.0 Å². The highest BCUT2D eigenvalue weighted by Gasteiger charge is 2.37. The number of ketones is 1. The van der Waals surface area contributed by atoms with Crippen LogP contribution in [0.4, 0.5) is 10.1 Å². The number of piperidine rings is 1. The fourth-order valence-corrected chi connectivity index (χ4v) is 6.93. The second kappa shape index (κ2) is 13.9. The van der Waals surface area contributed by atoms with Crippen LogP contribution in [0.15, 0.2) is 64.6 Å². The van der Waals surface area contributed by atoms with Crippen LogP contribution in [-0.4, -0.2) is 62.3 Å². The number of rotatable bonds is 8. The molecular formula is C38H41FN8O4. The lowest BCUT2D eigenvalue weighted by atomic mass is 9.74.